The topological polar surface area (TPSA) is 73.1 Å². The Morgan fingerprint density at radius 2 is 2.12 bits per heavy atom. The highest BCUT2D eigenvalue weighted by molar-refractivity contribution is 5.96. The molecular weight excluding hydrogens is 204 g/mol. The molecule has 1 aromatic rings. The highest BCUT2D eigenvalue weighted by Gasteiger charge is 2.05. The first kappa shape index (κ1) is 11.8. The van der Waals surface area contributed by atoms with Crippen molar-refractivity contribution in [1.82, 2.24) is 0 Å². The van der Waals surface area contributed by atoms with Crippen LogP contribution in [0.1, 0.15) is 12.5 Å². The van der Waals surface area contributed by atoms with Crippen molar-refractivity contribution in [2.24, 2.45) is 0 Å². The monoisotopic (exact) mass is 216 g/mol. The summed E-state index contributed by atoms with van der Waals surface area (Å²) >= 11 is 0. The Balaban J connectivity index is 2.90. The van der Waals surface area contributed by atoms with Gasteiger partial charge in [0.1, 0.15) is 11.6 Å². The van der Waals surface area contributed by atoms with Gasteiger partial charge in [0.05, 0.1) is 0 Å². The fourth-order valence-corrected chi connectivity index (χ4v) is 1.21. The van der Waals surface area contributed by atoms with Crippen LogP contribution in [0.3, 0.4) is 0 Å². The van der Waals surface area contributed by atoms with Gasteiger partial charge in [0.25, 0.3) is 0 Å². The minimum absolute atomic E-state index is 0.267. The molecule has 1 rings (SSSR count). The van der Waals surface area contributed by atoms with Crippen molar-refractivity contribution in [3.05, 3.63) is 35.4 Å². The summed E-state index contributed by atoms with van der Waals surface area (Å²) in [6.45, 7) is 2.82. The lowest BCUT2D eigenvalue weighted by atomic mass is 10.1. The number of rotatable bonds is 4. The van der Waals surface area contributed by atoms with E-state index in [2.05, 4.69) is 5.32 Å². The number of carboxylic acids is 1. The molecule has 0 aromatic heterocycles. The van der Waals surface area contributed by atoms with E-state index in [1.54, 1.807) is 18.2 Å². The molecule has 1 aromatic carbocycles. The first-order valence-corrected chi connectivity index (χ1v) is 4.86. The van der Waals surface area contributed by atoms with Crippen LogP contribution >= 0.6 is 0 Å². The molecule has 0 bridgehead atoms. The molecule has 0 atom stereocenters. The molecule has 0 aliphatic rings. The van der Waals surface area contributed by atoms with Gasteiger partial charge in [0.15, 0.2) is 0 Å². The standard InChI is InChI=1S/C12H12N2O2/c1-2-14-11-5-3-9(4-6-11)7-10(8-13)12(15)16/h3-7,14H,2H2,1H3,(H,15,16)/b10-7+. The SMILES string of the molecule is CCNc1ccc(/C=C(\C#N)C(=O)O)cc1. The van der Waals surface area contributed by atoms with Gasteiger partial charge in [-0.3, -0.25) is 0 Å². The zero-order valence-corrected chi connectivity index (χ0v) is 8.90. The Morgan fingerprint density at radius 3 is 2.56 bits per heavy atom. The number of nitriles is 1. The number of carbonyl (C=O) groups is 1. The molecule has 0 radical (unpaired) electrons. The van der Waals surface area contributed by atoms with Crippen LogP contribution in [0, 0.1) is 11.3 Å². The Bertz CT molecular complexity index is 441. The predicted molar refractivity (Wildman–Crippen MR) is 61.8 cm³/mol. The molecule has 0 spiro atoms. The van der Waals surface area contributed by atoms with Gasteiger partial charge in [-0.2, -0.15) is 5.26 Å². The number of carboxylic acid groups (broad SMARTS) is 1. The van der Waals surface area contributed by atoms with Crippen LogP contribution in [0.15, 0.2) is 29.8 Å². The lowest BCUT2D eigenvalue weighted by Gasteiger charge is -2.02. The van der Waals surface area contributed by atoms with E-state index in [0.717, 1.165) is 12.2 Å². The van der Waals surface area contributed by atoms with Crippen molar-refractivity contribution >= 4 is 17.7 Å². The molecule has 0 aliphatic heterocycles. The smallest absolute Gasteiger partial charge is 0.346 e. The maximum Gasteiger partial charge on any atom is 0.346 e. The number of aliphatic carboxylic acids is 1. The van der Waals surface area contributed by atoms with Crippen LogP contribution in [0.25, 0.3) is 6.08 Å². The van der Waals surface area contributed by atoms with Gasteiger partial charge in [0, 0.05) is 12.2 Å². The number of hydrogen-bond acceptors (Lipinski definition) is 3. The molecule has 0 amide bonds. The first-order chi connectivity index (χ1) is 7.67. The summed E-state index contributed by atoms with van der Waals surface area (Å²) in [5.41, 5.74) is 1.39. The van der Waals surface area contributed by atoms with E-state index < -0.39 is 5.97 Å². The number of hydrogen-bond donors (Lipinski definition) is 2. The molecule has 0 saturated carbocycles. The van der Waals surface area contributed by atoms with E-state index in [4.69, 9.17) is 10.4 Å². The molecule has 82 valence electrons. The summed E-state index contributed by atoms with van der Waals surface area (Å²) in [4.78, 5) is 10.6. The Hall–Kier alpha value is -2.28. The molecular formula is C12H12N2O2. The Labute approximate surface area is 93.8 Å². The number of nitrogens with one attached hydrogen (secondary N) is 1. The maximum absolute atomic E-state index is 10.6. The minimum atomic E-state index is -1.21. The molecule has 4 nitrogen and oxygen atoms in total. The summed E-state index contributed by atoms with van der Waals surface area (Å²) in [6.07, 6.45) is 1.35. The highest BCUT2D eigenvalue weighted by atomic mass is 16.4. The average molecular weight is 216 g/mol. The van der Waals surface area contributed by atoms with Crippen molar-refractivity contribution in [2.45, 2.75) is 6.92 Å². The van der Waals surface area contributed by atoms with Crippen LogP contribution < -0.4 is 5.32 Å². The lowest BCUT2D eigenvalue weighted by molar-refractivity contribution is -0.132. The molecule has 2 N–H and O–H groups in total. The van der Waals surface area contributed by atoms with E-state index in [9.17, 15) is 4.79 Å². The molecule has 0 saturated heterocycles. The van der Waals surface area contributed by atoms with Gasteiger partial charge in [-0.1, -0.05) is 12.1 Å². The summed E-state index contributed by atoms with van der Waals surface area (Å²) in [7, 11) is 0. The third kappa shape index (κ3) is 3.14. The quantitative estimate of drug-likeness (QED) is 0.597. The van der Waals surface area contributed by atoms with Crippen molar-refractivity contribution in [3.8, 4) is 6.07 Å². The third-order valence-electron chi connectivity index (χ3n) is 1.95. The summed E-state index contributed by atoms with van der Waals surface area (Å²) < 4.78 is 0. The lowest BCUT2D eigenvalue weighted by Crippen LogP contribution is -1.98. The van der Waals surface area contributed by atoms with Gasteiger partial charge in [-0.15, -0.1) is 0 Å². The Kier molecular flexibility index (Phi) is 4.10. The predicted octanol–water partition coefficient (Wildman–Crippen LogP) is 2.11. The van der Waals surface area contributed by atoms with Crippen LogP contribution in [-0.4, -0.2) is 17.6 Å². The normalized spacial score (nSPS) is 10.6. The van der Waals surface area contributed by atoms with Gasteiger partial charge < -0.3 is 10.4 Å². The maximum atomic E-state index is 10.6. The van der Waals surface area contributed by atoms with Crippen LogP contribution in [0.4, 0.5) is 5.69 Å². The van der Waals surface area contributed by atoms with Gasteiger partial charge in [-0.05, 0) is 30.7 Å². The largest absolute Gasteiger partial charge is 0.477 e. The summed E-state index contributed by atoms with van der Waals surface area (Å²) in [5, 5.41) is 20.4. The third-order valence-corrected chi connectivity index (χ3v) is 1.95. The van der Waals surface area contributed by atoms with Crippen molar-refractivity contribution in [2.75, 3.05) is 11.9 Å². The second-order valence-corrected chi connectivity index (χ2v) is 3.13. The van der Waals surface area contributed by atoms with Crippen LogP contribution in [0.2, 0.25) is 0 Å². The fraction of sp³-hybridized carbons (Fsp3) is 0.167. The van der Waals surface area contributed by atoms with Crippen LogP contribution in [-0.2, 0) is 4.79 Å². The van der Waals surface area contributed by atoms with E-state index >= 15 is 0 Å². The molecule has 16 heavy (non-hydrogen) atoms. The molecule has 0 unspecified atom stereocenters. The Morgan fingerprint density at radius 1 is 1.50 bits per heavy atom. The van der Waals surface area contributed by atoms with Crippen molar-refractivity contribution in [1.29, 1.82) is 5.26 Å². The molecule has 0 fully saturated rings. The highest BCUT2D eigenvalue weighted by Crippen LogP contribution is 2.12. The average Bonchev–Trinajstić information content (AvgIpc) is 2.28. The fourth-order valence-electron chi connectivity index (χ4n) is 1.21. The molecule has 0 heterocycles. The second-order valence-electron chi connectivity index (χ2n) is 3.13. The second kappa shape index (κ2) is 5.56. The first-order valence-electron chi connectivity index (χ1n) is 4.86. The van der Waals surface area contributed by atoms with Crippen molar-refractivity contribution < 1.29 is 9.90 Å². The van der Waals surface area contributed by atoms with Gasteiger partial charge in [0.2, 0.25) is 0 Å². The number of anilines is 1. The van der Waals surface area contributed by atoms with Crippen molar-refractivity contribution in [3.63, 3.8) is 0 Å². The number of nitrogens with zero attached hydrogens (tertiary/aromatic N) is 1. The van der Waals surface area contributed by atoms with Crippen LogP contribution in [0.5, 0.6) is 0 Å². The zero-order chi connectivity index (χ0) is 12.0. The van der Waals surface area contributed by atoms with E-state index in [1.807, 2.05) is 19.1 Å². The van der Waals surface area contributed by atoms with Gasteiger partial charge in [-0.25, -0.2) is 4.79 Å². The van der Waals surface area contributed by atoms with Gasteiger partial charge >= 0.3 is 5.97 Å². The van der Waals surface area contributed by atoms with E-state index in [1.165, 1.54) is 6.08 Å². The van der Waals surface area contributed by atoms with E-state index in [0.29, 0.717) is 5.56 Å². The zero-order valence-electron chi connectivity index (χ0n) is 8.90. The number of benzene rings is 1. The molecule has 4 heteroatoms. The summed E-state index contributed by atoms with van der Waals surface area (Å²) in [6, 6.07) is 8.84. The minimum Gasteiger partial charge on any atom is -0.477 e. The summed E-state index contributed by atoms with van der Waals surface area (Å²) in [5.74, 6) is -1.21. The van der Waals surface area contributed by atoms with E-state index in [-0.39, 0.29) is 5.57 Å². The molecule has 0 aliphatic carbocycles.